The molecule has 19 heavy (non-hydrogen) atoms. The number of nitrogens with zero attached hydrogens (tertiary/aromatic N) is 2. The third-order valence-electron chi connectivity index (χ3n) is 2.91. The summed E-state index contributed by atoms with van der Waals surface area (Å²) in [4.78, 5) is 22.4. The van der Waals surface area contributed by atoms with Gasteiger partial charge in [0.2, 0.25) is 0 Å². The highest BCUT2D eigenvalue weighted by molar-refractivity contribution is 5.92. The molecule has 0 aliphatic rings. The second-order valence-corrected chi connectivity index (χ2v) is 5.04. The predicted molar refractivity (Wildman–Crippen MR) is 71.1 cm³/mol. The number of rotatable bonds is 6. The Labute approximate surface area is 112 Å². The quantitative estimate of drug-likeness (QED) is 0.818. The number of carbonyl (C=O) groups excluding carboxylic acids is 1. The average molecular weight is 267 g/mol. The molecule has 1 atom stereocenters. The summed E-state index contributed by atoms with van der Waals surface area (Å²) in [6.45, 7) is 5.86. The van der Waals surface area contributed by atoms with E-state index in [9.17, 15) is 9.59 Å². The Morgan fingerprint density at radius 2 is 2.05 bits per heavy atom. The monoisotopic (exact) mass is 267 g/mol. The van der Waals surface area contributed by atoms with Gasteiger partial charge in [0.1, 0.15) is 5.69 Å². The van der Waals surface area contributed by atoms with Gasteiger partial charge in [-0.2, -0.15) is 5.10 Å². The fourth-order valence-corrected chi connectivity index (χ4v) is 1.84. The fourth-order valence-electron chi connectivity index (χ4n) is 1.84. The van der Waals surface area contributed by atoms with Crippen LogP contribution in [0.1, 0.15) is 55.7 Å². The van der Waals surface area contributed by atoms with E-state index in [0.717, 1.165) is 5.69 Å². The van der Waals surface area contributed by atoms with E-state index < -0.39 is 5.97 Å². The van der Waals surface area contributed by atoms with Gasteiger partial charge in [-0.15, -0.1) is 0 Å². The molecular formula is C13H21N3O3. The van der Waals surface area contributed by atoms with Crippen molar-refractivity contribution in [3.63, 3.8) is 0 Å². The lowest BCUT2D eigenvalue weighted by molar-refractivity contribution is -0.137. The first-order valence-corrected chi connectivity index (χ1v) is 6.37. The Morgan fingerprint density at radius 3 is 2.53 bits per heavy atom. The lowest BCUT2D eigenvalue weighted by Crippen LogP contribution is -2.33. The van der Waals surface area contributed by atoms with Crippen LogP contribution in [0.2, 0.25) is 0 Å². The van der Waals surface area contributed by atoms with Gasteiger partial charge in [-0.1, -0.05) is 13.8 Å². The smallest absolute Gasteiger partial charge is 0.303 e. The Kier molecular flexibility index (Phi) is 5.09. The Morgan fingerprint density at radius 1 is 1.42 bits per heavy atom. The highest BCUT2D eigenvalue weighted by Crippen LogP contribution is 2.14. The maximum Gasteiger partial charge on any atom is 0.303 e. The second kappa shape index (κ2) is 6.36. The van der Waals surface area contributed by atoms with Gasteiger partial charge in [-0.05, 0) is 25.3 Å². The molecule has 0 aliphatic heterocycles. The first-order chi connectivity index (χ1) is 8.81. The molecule has 0 aromatic carbocycles. The van der Waals surface area contributed by atoms with Crippen molar-refractivity contribution >= 4 is 11.9 Å². The minimum atomic E-state index is -0.860. The van der Waals surface area contributed by atoms with Crippen LogP contribution >= 0.6 is 0 Å². The minimum Gasteiger partial charge on any atom is -0.481 e. The van der Waals surface area contributed by atoms with E-state index in [2.05, 4.69) is 10.4 Å². The average Bonchev–Trinajstić information content (AvgIpc) is 2.69. The zero-order valence-corrected chi connectivity index (χ0v) is 11.8. The molecule has 1 amide bonds. The van der Waals surface area contributed by atoms with E-state index in [0.29, 0.717) is 18.0 Å². The molecule has 0 saturated heterocycles. The second-order valence-electron chi connectivity index (χ2n) is 5.04. The summed E-state index contributed by atoms with van der Waals surface area (Å²) in [7, 11) is 1.81. The van der Waals surface area contributed by atoms with Crippen LogP contribution in [0.25, 0.3) is 0 Å². The molecule has 106 valence electrons. The summed E-state index contributed by atoms with van der Waals surface area (Å²) in [5.41, 5.74) is 1.36. The lowest BCUT2D eigenvalue weighted by Gasteiger charge is -2.11. The van der Waals surface area contributed by atoms with Crippen molar-refractivity contribution in [3.05, 3.63) is 17.5 Å². The largest absolute Gasteiger partial charge is 0.481 e. The van der Waals surface area contributed by atoms with Gasteiger partial charge in [0, 0.05) is 25.2 Å². The first-order valence-electron chi connectivity index (χ1n) is 6.37. The number of amides is 1. The number of aryl methyl sites for hydroxylation is 1. The highest BCUT2D eigenvalue weighted by Gasteiger charge is 2.16. The van der Waals surface area contributed by atoms with Crippen molar-refractivity contribution in [1.29, 1.82) is 0 Å². The molecule has 1 unspecified atom stereocenters. The summed E-state index contributed by atoms with van der Waals surface area (Å²) in [6.07, 6.45) is 0.450. The van der Waals surface area contributed by atoms with Crippen molar-refractivity contribution in [2.45, 2.75) is 45.6 Å². The molecule has 0 saturated carbocycles. The normalized spacial score (nSPS) is 12.5. The standard InChI is InChI=1S/C13H21N3O3/c1-8(2)11-7-10(15-16(11)4)13(19)14-9(3)5-6-12(17)18/h7-9H,5-6H2,1-4H3,(H,14,19)(H,17,18). The Bertz CT molecular complexity index is 466. The predicted octanol–water partition coefficient (Wildman–Crippen LogP) is 1.53. The Balaban J connectivity index is 2.63. The molecule has 2 N–H and O–H groups in total. The van der Waals surface area contributed by atoms with Crippen molar-refractivity contribution < 1.29 is 14.7 Å². The minimum absolute atomic E-state index is 0.0426. The van der Waals surface area contributed by atoms with Crippen LogP contribution in [0.4, 0.5) is 0 Å². The molecule has 6 heteroatoms. The van der Waals surface area contributed by atoms with Gasteiger partial charge in [-0.25, -0.2) is 0 Å². The Hall–Kier alpha value is -1.85. The molecule has 0 aliphatic carbocycles. The molecule has 1 aromatic rings. The van der Waals surface area contributed by atoms with Crippen molar-refractivity contribution in [3.8, 4) is 0 Å². The molecule has 0 spiro atoms. The van der Waals surface area contributed by atoms with Crippen LogP contribution in [-0.2, 0) is 11.8 Å². The number of carboxylic acids is 1. The topological polar surface area (TPSA) is 84.2 Å². The number of aromatic nitrogens is 2. The van der Waals surface area contributed by atoms with Crippen LogP contribution in [0.15, 0.2) is 6.07 Å². The van der Waals surface area contributed by atoms with Crippen LogP contribution in [0.3, 0.4) is 0 Å². The van der Waals surface area contributed by atoms with Gasteiger partial charge in [-0.3, -0.25) is 14.3 Å². The number of nitrogens with one attached hydrogen (secondary N) is 1. The number of hydrogen-bond acceptors (Lipinski definition) is 3. The molecule has 1 rings (SSSR count). The molecule has 0 radical (unpaired) electrons. The molecule has 6 nitrogen and oxygen atoms in total. The van der Waals surface area contributed by atoms with Crippen LogP contribution in [0, 0.1) is 0 Å². The van der Waals surface area contributed by atoms with Crippen LogP contribution in [0.5, 0.6) is 0 Å². The van der Waals surface area contributed by atoms with Gasteiger partial charge < -0.3 is 10.4 Å². The lowest BCUT2D eigenvalue weighted by atomic mass is 10.1. The highest BCUT2D eigenvalue weighted by atomic mass is 16.4. The van der Waals surface area contributed by atoms with Gasteiger partial charge in [0.15, 0.2) is 0 Å². The molecule has 0 bridgehead atoms. The van der Waals surface area contributed by atoms with E-state index >= 15 is 0 Å². The maximum absolute atomic E-state index is 12.0. The summed E-state index contributed by atoms with van der Waals surface area (Å²) in [5.74, 6) is -0.829. The van der Waals surface area contributed by atoms with Gasteiger partial charge in [0.05, 0.1) is 0 Å². The van der Waals surface area contributed by atoms with E-state index in [1.807, 2.05) is 13.8 Å². The van der Waals surface area contributed by atoms with Gasteiger partial charge in [0.25, 0.3) is 5.91 Å². The number of hydrogen-bond donors (Lipinski definition) is 2. The third-order valence-corrected chi connectivity index (χ3v) is 2.91. The fraction of sp³-hybridized carbons (Fsp3) is 0.615. The third kappa shape index (κ3) is 4.39. The summed E-state index contributed by atoms with van der Waals surface area (Å²) in [5, 5.41) is 15.5. The van der Waals surface area contributed by atoms with Crippen molar-refractivity contribution in [1.82, 2.24) is 15.1 Å². The van der Waals surface area contributed by atoms with Crippen molar-refractivity contribution in [2.24, 2.45) is 7.05 Å². The van der Waals surface area contributed by atoms with Gasteiger partial charge >= 0.3 is 5.97 Å². The number of carboxylic acid groups (broad SMARTS) is 1. The number of aliphatic carboxylic acids is 1. The van der Waals surface area contributed by atoms with Crippen molar-refractivity contribution in [2.75, 3.05) is 0 Å². The molecular weight excluding hydrogens is 246 g/mol. The van der Waals surface area contributed by atoms with Crippen LogP contribution < -0.4 is 5.32 Å². The zero-order chi connectivity index (χ0) is 14.6. The molecule has 0 fully saturated rings. The molecule has 1 aromatic heterocycles. The van der Waals surface area contributed by atoms with E-state index in [-0.39, 0.29) is 18.4 Å². The zero-order valence-electron chi connectivity index (χ0n) is 11.8. The van der Waals surface area contributed by atoms with E-state index in [4.69, 9.17) is 5.11 Å². The summed E-state index contributed by atoms with van der Waals surface area (Å²) < 4.78 is 1.70. The summed E-state index contributed by atoms with van der Waals surface area (Å²) >= 11 is 0. The molecule has 1 heterocycles. The van der Waals surface area contributed by atoms with E-state index in [1.165, 1.54) is 0 Å². The maximum atomic E-state index is 12.0. The SMILES string of the molecule is CC(CCC(=O)O)NC(=O)c1cc(C(C)C)n(C)n1. The number of carbonyl (C=O) groups is 2. The van der Waals surface area contributed by atoms with Crippen LogP contribution in [-0.4, -0.2) is 32.8 Å². The summed E-state index contributed by atoms with van der Waals surface area (Å²) in [6, 6.07) is 1.58. The van der Waals surface area contributed by atoms with E-state index in [1.54, 1.807) is 24.7 Å². The first kappa shape index (κ1) is 15.2.